The number of carbonyl (C=O) groups excluding carboxylic acids is 3. The molecule has 0 radical (unpaired) electrons. The average Bonchev–Trinajstić information content (AvgIpc) is 3.70. The van der Waals surface area contributed by atoms with Gasteiger partial charge in [-0.3, -0.25) is 19.3 Å². The number of likely N-dealkylation sites (tertiary alicyclic amines) is 1. The maximum Gasteiger partial charge on any atom is 0.323 e. The zero-order valence-corrected chi connectivity index (χ0v) is 48.6. The van der Waals surface area contributed by atoms with Crippen molar-refractivity contribution in [1.29, 1.82) is 0 Å². The van der Waals surface area contributed by atoms with Gasteiger partial charge in [-0.15, -0.1) is 0 Å². The summed E-state index contributed by atoms with van der Waals surface area (Å²) in [5.41, 5.74) is 2.48. The van der Waals surface area contributed by atoms with E-state index < -0.39 is 48.0 Å². The fourth-order valence-electron chi connectivity index (χ4n) is 11.1. The van der Waals surface area contributed by atoms with Crippen LogP contribution in [0.15, 0.2) is 83.9 Å². The minimum absolute atomic E-state index is 0.0239. The minimum Gasteiger partial charge on any atom is -0.491 e. The lowest BCUT2D eigenvalue weighted by Crippen LogP contribution is -2.53. The fourth-order valence-corrected chi connectivity index (χ4v) is 11.1. The molecule has 76 heavy (non-hydrogen) atoms. The third-order valence-corrected chi connectivity index (χ3v) is 16.1. The number of rotatable bonds is 23. The number of hydrogen-bond acceptors (Lipinski definition) is 14. The largest absolute Gasteiger partial charge is 0.491 e. The van der Waals surface area contributed by atoms with Gasteiger partial charge in [-0.2, -0.15) is 0 Å². The molecular weight excluding hydrogens is 965 g/mol. The predicted molar refractivity (Wildman–Crippen MR) is 302 cm³/mol. The van der Waals surface area contributed by atoms with Crippen molar-refractivity contribution in [1.82, 2.24) is 10.2 Å². The summed E-state index contributed by atoms with van der Waals surface area (Å²) in [5.74, 6) is -3.06. The Morgan fingerprint density at radius 3 is 2.43 bits per heavy atom. The van der Waals surface area contributed by atoms with Crippen LogP contribution in [0, 0.1) is 35.5 Å². The SMILES string of the molecule is C/C1=C/C=C\C/C=C\NC1.CC.COC1CC(C[C@@H](C)[C@H](C[C@@H]2OC(C(O)[C@@H](OC)C(O)C(C)C[C@H](C)/C=C/C=C/C=C(\C)CC[C@@H]3CCC(C)C(O)(C(=O)C=O)O3)=C[C@H]2C)OC(=O)C2CCCCCN2C)CC[C@H]1O. The quantitative estimate of drug-likeness (QED) is 0.0281. The summed E-state index contributed by atoms with van der Waals surface area (Å²) in [6, 6.07) is -0.286. The van der Waals surface area contributed by atoms with Crippen molar-refractivity contribution >= 4 is 18.0 Å². The second kappa shape index (κ2) is 35.0. The summed E-state index contributed by atoms with van der Waals surface area (Å²) in [5, 5.41) is 47.4. The molecule has 1 saturated carbocycles. The summed E-state index contributed by atoms with van der Waals surface area (Å²) in [4.78, 5) is 39.0. The van der Waals surface area contributed by atoms with Crippen LogP contribution in [0.1, 0.15) is 159 Å². The number of ketones is 1. The van der Waals surface area contributed by atoms with E-state index in [1.54, 1.807) is 14.0 Å². The van der Waals surface area contributed by atoms with Gasteiger partial charge in [-0.25, -0.2) is 0 Å². The van der Waals surface area contributed by atoms with E-state index in [0.29, 0.717) is 50.2 Å². The molecule has 0 bridgehead atoms. The standard InChI is InChI=1S/C51H83NO12.C9H13N.C2H6/c1-32(19-22-39-23-20-37(6)51(59,64-39)46(55)31-53)16-12-10-13-17-33(2)26-36(5)47(56)49(61-9)48(57)45-28-35(4)42(62-45)30-43(63-50(58)40-18-14-11-15-25-52(40)7)34(3)27-38-21-24-41(54)44(29-38)60-8;1-9-6-4-2-3-5-7-10-8-9;1-2/h10,12-13,16-17,28,31,33-44,47-49,54,56-57,59H,11,14-15,18-27,29-30H2,1-9H3;2,4-7,10H,3,8H2,1H3;1-2H3/b12-10+,17-13+,32-16+;4-2-,7-5-,9-6-;/t33-,34-,35-,36?,37?,38?,39-,40?,41-,42+,43+,44?,47?,48?,49+,51?;;/m1../s1. The molecule has 5 rings (SSSR count). The molecule has 16 atom stereocenters. The van der Waals surface area contributed by atoms with Crippen LogP contribution in [0.3, 0.4) is 0 Å². The molecule has 0 amide bonds. The number of allylic oxidation sites excluding steroid dienone is 10. The van der Waals surface area contributed by atoms with E-state index in [1.807, 2.05) is 78.2 Å². The molecule has 0 aromatic heterocycles. The Morgan fingerprint density at radius 1 is 0.974 bits per heavy atom. The third kappa shape index (κ3) is 21.5. The number of nitrogens with zero attached hydrogens (tertiary/aromatic N) is 1. The lowest BCUT2D eigenvalue weighted by Gasteiger charge is -2.39. The predicted octanol–water partition coefficient (Wildman–Crippen LogP) is 9.82. The lowest BCUT2D eigenvalue weighted by molar-refractivity contribution is -0.261. The van der Waals surface area contributed by atoms with Gasteiger partial charge >= 0.3 is 5.97 Å². The Labute approximate surface area is 458 Å². The zero-order valence-electron chi connectivity index (χ0n) is 48.6. The number of esters is 1. The van der Waals surface area contributed by atoms with Crippen LogP contribution in [0.5, 0.6) is 0 Å². The van der Waals surface area contributed by atoms with Crippen molar-refractivity contribution in [3.63, 3.8) is 0 Å². The van der Waals surface area contributed by atoms with Crippen LogP contribution in [0.25, 0.3) is 0 Å². The van der Waals surface area contributed by atoms with Crippen LogP contribution in [-0.2, 0) is 38.1 Å². The molecule has 4 aliphatic heterocycles. The Kier molecular flexibility index (Phi) is 30.7. The van der Waals surface area contributed by atoms with Crippen molar-refractivity contribution in [3.8, 4) is 0 Å². The first-order valence-corrected chi connectivity index (χ1v) is 28.8. The van der Waals surface area contributed by atoms with Crippen molar-refractivity contribution in [2.45, 2.75) is 219 Å². The van der Waals surface area contributed by atoms with Gasteiger partial charge in [0.2, 0.25) is 5.79 Å². The summed E-state index contributed by atoms with van der Waals surface area (Å²) >= 11 is 0. The number of ether oxygens (including phenoxy) is 5. The highest BCUT2D eigenvalue weighted by Gasteiger charge is 2.47. The smallest absolute Gasteiger partial charge is 0.323 e. The van der Waals surface area contributed by atoms with E-state index in [9.17, 15) is 34.8 Å². The Bertz CT molecular complexity index is 1940. The van der Waals surface area contributed by atoms with Gasteiger partial charge in [0.15, 0.2) is 6.29 Å². The number of hydrogen-bond donors (Lipinski definition) is 5. The fraction of sp³-hybridized carbons (Fsp3) is 0.726. The number of aliphatic hydroxyl groups is 4. The number of aldehydes is 1. The van der Waals surface area contributed by atoms with E-state index in [4.69, 9.17) is 23.7 Å². The van der Waals surface area contributed by atoms with Crippen LogP contribution < -0.4 is 5.32 Å². The first-order valence-electron chi connectivity index (χ1n) is 28.8. The van der Waals surface area contributed by atoms with E-state index in [0.717, 1.165) is 76.5 Å². The molecule has 5 aliphatic rings. The minimum atomic E-state index is -2.04. The monoisotopic (exact) mass is 1070 g/mol. The summed E-state index contributed by atoms with van der Waals surface area (Å²) in [7, 11) is 5.13. The lowest BCUT2D eigenvalue weighted by atomic mass is 9.78. The topological polar surface area (TPSA) is 194 Å². The van der Waals surface area contributed by atoms with Gasteiger partial charge in [0.1, 0.15) is 36.2 Å². The molecule has 8 unspecified atom stereocenters. The first kappa shape index (κ1) is 66.5. The molecule has 0 spiro atoms. The summed E-state index contributed by atoms with van der Waals surface area (Å²) < 4.78 is 30.0. The van der Waals surface area contributed by atoms with Gasteiger partial charge in [-0.1, -0.05) is 127 Å². The molecular formula is C62H102N2O12. The highest BCUT2D eigenvalue weighted by molar-refractivity contribution is 6.28. The van der Waals surface area contributed by atoms with Gasteiger partial charge in [0.25, 0.3) is 5.78 Å². The molecule has 1 aliphatic carbocycles. The van der Waals surface area contributed by atoms with Gasteiger partial charge in [0.05, 0.1) is 24.4 Å². The maximum absolute atomic E-state index is 13.8. The number of methoxy groups -OCH3 is 2. The number of Topliss-reactive ketones (excluding diaryl/α,β-unsaturated/α-hetero) is 1. The highest BCUT2D eigenvalue weighted by atomic mass is 16.6. The number of nitrogens with one attached hydrogen (secondary N) is 1. The molecule has 14 heteroatoms. The van der Waals surface area contributed by atoms with E-state index in [2.05, 4.69) is 61.4 Å². The molecule has 2 saturated heterocycles. The van der Waals surface area contributed by atoms with Crippen molar-refractivity contribution in [2.24, 2.45) is 35.5 Å². The molecule has 4 heterocycles. The molecule has 3 fully saturated rings. The van der Waals surface area contributed by atoms with Crippen molar-refractivity contribution in [3.05, 3.63) is 83.9 Å². The van der Waals surface area contributed by atoms with Crippen LogP contribution in [0.2, 0.25) is 0 Å². The first-order chi connectivity index (χ1) is 36.3. The average molecular weight is 1070 g/mol. The normalized spacial score (nSPS) is 31.9. The van der Waals surface area contributed by atoms with Gasteiger partial charge in [0, 0.05) is 39.0 Å². The van der Waals surface area contributed by atoms with Crippen LogP contribution in [0.4, 0.5) is 0 Å². The van der Waals surface area contributed by atoms with Crippen LogP contribution >= 0.6 is 0 Å². The molecule has 5 N–H and O–H groups in total. The Balaban J connectivity index is 0.00000112. The summed E-state index contributed by atoms with van der Waals surface area (Å²) in [6.45, 7) is 19.9. The van der Waals surface area contributed by atoms with E-state index in [1.165, 1.54) is 12.7 Å². The van der Waals surface area contributed by atoms with E-state index >= 15 is 0 Å². The molecule has 432 valence electrons. The number of carbonyl (C=O) groups is 3. The van der Waals surface area contributed by atoms with Crippen molar-refractivity contribution < 1.29 is 58.5 Å². The molecule has 14 nitrogen and oxygen atoms in total. The maximum atomic E-state index is 13.8. The second-order valence-corrected chi connectivity index (χ2v) is 22.4. The highest BCUT2D eigenvalue weighted by Crippen LogP contribution is 2.38. The van der Waals surface area contributed by atoms with Gasteiger partial charge in [-0.05, 0) is 140 Å². The van der Waals surface area contributed by atoms with Crippen molar-refractivity contribution in [2.75, 3.05) is 34.4 Å². The second-order valence-electron chi connectivity index (χ2n) is 22.4. The third-order valence-electron chi connectivity index (χ3n) is 16.1. The summed E-state index contributed by atoms with van der Waals surface area (Å²) in [6.07, 6.45) is 29.5. The van der Waals surface area contributed by atoms with Crippen LogP contribution in [-0.4, -0.2) is 138 Å². The molecule has 0 aromatic carbocycles. The Hall–Kier alpha value is -3.73. The van der Waals surface area contributed by atoms with E-state index in [-0.39, 0.29) is 60.3 Å². The zero-order chi connectivity index (χ0) is 56.4. The Morgan fingerprint density at radius 2 is 1.72 bits per heavy atom. The number of likely N-dealkylation sites (N-methyl/N-ethyl adjacent to an activating group) is 1. The number of aliphatic hydroxyl groups excluding tert-OH is 3. The molecule has 0 aromatic rings. The van der Waals surface area contributed by atoms with Gasteiger partial charge < -0.3 is 49.4 Å².